The SMILES string of the molecule is CN1CCC[C@@H]1c1ncc(-c2ccc(-c3ccc(-c4cnc([C@H]5CCCN5C)[nH]4)s3)s2)[nH]1. The molecule has 4 aromatic heterocycles. The third-order valence-electron chi connectivity index (χ3n) is 6.85. The average Bonchev–Trinajstić information content (AvgIpc) is 3.61. The number of imidazole rings is 2. The number of aromatic nitrogens is 4. The van der Waals surface area contributed by atoms with E-state index in [2.05, 4.69) is 68.1 Å². The number of H-pyrrole nitrogens is 2. The van der Waals surface area contributed by atoms with Crippen molar-refractivity contribution in [3.8, 4) is 30.9 Å². The molecule has 0 unspecified atom stereocenters. The van der Waals surface area contributed by atoms with E-state index in [0.29, 0.717) is 12.1 Å². The molecule has 0 radical (unpaired) electrons. The number of aromatic amines is 2. The maximum atomic E-state index is 4.69. The first-order chi connectivity index (χ1) is 15.7. The summed E-state index contributed by atoms with van der Waals surface area (Å²) < 4.78 is 0. The summed E-state index contributed by atoms with van der Waals surface area (Å²) in [6.45, 7) is 2.31. The van der Waals surface area contributed by atoms with Gasteiger partial charge in [0.05, 0.1) is 45.6 Å². The number of nitrogens with one attached hydrogen (secondary N) is 2. The minimum Gasteiger partial charge on any atom is -0.340 e. The Bertz CT molecular complexity index is 1120. The predicted octanol–water partition coefficient (Wildman–Crippen LogP) is 5.79. The van der Waals surface area contributed by atoms with Crippen LogP contribution in [0.1, 0.15) is 49.4 Å². The molecule has 8 heteroatoms. The number of hydrogen-bond acceptors (Lipinski definition) is 6. The number of nitrogens with zero attached hydrogens (tertiary/aromatic N) is 4. The molecule has 2 N–H and O–H groups in total. The summed E-state index contributed by atoms with van der Waals surface area (Å²) in [5.41, 5.74) is 2.24. The van der Waals surface area contributed by atoms with Crippen molar-refractivity contribution in [1.82, 2.24) is 29.7 Å². The fourth-order valence-electron chi connectivity index (χ4n) is 5.00. The molecule has 166 valence electrons. The summed E-state index contributed by atoms with van der Waals surface area (Å²) in [6.07, 6.45) is 8.84. The van der Waals surface area contributed by atoms with Crippen LogP contribution in [-0.2, 0) is 0 Å². The van der Waals surface area contributed by atoms with Crippen LogP contribution in [0.25, 0.3) is 30.9 Å². The van der Waals surface area contributed by atoms with Crippen molar-refractivity contribution in [1.29, 1.82) is 0 Å². The van der Waals surface area contributed by atoms with Gasteiger partial charge in [-0.2, -0.15) is 0 Å². The normalized spacial score (nSPS) is 22.3. The van der Waals surface area contributed by atoms with Crippen molar-refractivity contribution in [3.05, 3.63) is 48.3 Å². The second-order valence-corrected chi connectivity index (χ2v) is 11.1. The Morgan fingerprint density at radius 3 is 1.56 bits per heavy atom. The third kappa shape index (κ3) is 3.65. The Morgan fingerprint density at radius 1 is 0.719 bits per heavy atom. The molecular weight excluding hydrogens is 436 g/mol. The monoisotopic (exact) mass is 464 g/mol. The lowest BCUT2D eigenvalue weighted by atomic mass is 10.2. The highest BCUT2D eigenvalue weighted by Crippen LogP contribution is 2.40. The molecule has 2 aliphatic rings. The van der Waals surface area contributed by atoms with Gasteiger partial charge in [-0.25, -0.2) is 9.97 Å². The zero-order valence-electron chi connectivity index (χ0n) is 18.5. The fraction of sp³-hybridized carbons (Fsp3) is 0.417. The van der Waals surface area contributed by atoms with Crippen molar-refractivity contribution in [3.63, 3.8) is 0 Å². The van der Waals surface area contributed by atoms with Gasteiger partial charge in [0.1, 0.15) is 11.6 Å². The van der Waals surface area contributed by atoms with Crippen LogP contribution in [0.3, 0.4) is 0 Å². The largest absolute Gasteiger partial charge is 0.340 e. The topological polar surface area (TPSA) is 63.8 Å². The summed E-state index contributed by atoms with van der Waals surface area (Å²) in [5, 5.41) is 0. The predicted molar refractivity (Wildman–Crippen MR) is 132 cm³/mol. The summed E-state index contributed by atoms with van der Waals surface area (Å²) in [4.78, 5) is 26.4. The maximum absolute atomic E-state index is 4.69. The van der Waals surface area contributed by atoms with Gasteiger partial charge in [0.25, 0.3) is 0 Å². The molecule has 2 atom stereocenters. The standard InChI is InChI=1S/C24H28N6S2/c1-29-11-3-5-17(29)23-25-13-15(27-23)19-7-9-21(31-19)22-10-8-20(32-22)16-14-26-24(28-16)18-6-4-12-30(18)2/h7-10,13-14,17-18H,3-6,11-12H2,1-2H3,(H,25,27)(H,26,28)/t17-,18-/m1/s1. The number of thiophene rings is 2. The second-order valence-electron chi connectivity index (χ2n) is 8.97. The van der Waals surface area contributed by atoms with E-state index in [0.717, 1.165) is 36.1 Å². The zero-order chi connectivity index (χ0) is 21.7. The first-order valence-corrected chi connectivity index (χ1v) is 13.0. The van der Waals surface area contributed by atoms with Crippen LogP contribution in [0.15, 0.2) is 36.7 Å². The molecule has 0 amide bonds. The van der Waals surface area contributed by atoms with E-state index in [9.17, 15) is 0 Å². The number of likely N-dealkylation sites (tertiary alicyclic amines) is 2. The molecule has 32 heavy (non-hydrogen) atoms. The number of hydrogen-bond donors (Lipinski definition) is 2. The molecule has 2 fully saturated rings. The first kappa shape index (κ1) is 20.4. The Labute approximate surface area is 196 Å². The van der Waals surface area contributed by atoms with Gasteiger partial charge in [0.15, 0.2) is 0 Å². The van der Waals surface area contributed by atoms with Gasteiger partial charge in [0, 0.05) is 9.75 Å². The molecule has 6 rings (SSSR count). The summed E-state index contributed by atoms with van der Waals surface area (Å²) in [7, 11) is 4.37. The van der Waals surface area contributed by atoms with Crippen LogP contribution in [-0.4, -0.2) is 56.9 Å². The molecule has 0 aromatic carbocycles. The van der Waals surface area contributed by atoms with Crippen molar-refractivity contribution in [2.24, 2.45) is 0 Å². The minimum absolute atomic E-state index is 0.423. The highest BCUT2D eigenvalue weighted by Gasteiger charge is 2.26. The van der Waals surface area contributed by atoms with Gasteiger partial charge in [0.2, 0.25) is 0 Å². The quantitative estimate of drug-likeness (QED) is 0.392. The van der Waals surface area contributed by atoms with E-state index in [1.165, 1.54) is 45.2 Å². The Kier molecular flexibility index (Phi) is 5.25. The highest BCUT2D eigenvalue weighted by atomic mass is 32.1. The summed E-state index contributed by atoms with van der Waals surface area (Å²) in [6, 6.07) is 9.71. The number of rotatable bonds is 5. The van der Waals surface area contributed by atoms with Crippen molar-refractivity contribution < 1.29 is 0 Å². The molecule has 4 aromatic rings. The lowest BCUT2D eigenvalue weighted by Gasteiger charge is -2.16. The molecule has 0 bridgehead atoms. The van der Waals surface area contributed by atoms with Gasteiger partial charge in [-0.3, -0.25) is 9.80 Å². The van der Waals surface area contributed by atoms with E-state index in [4.69, 9.17) is 0 Å². The van der Waals surface area contributed by atoms with E-state index in [-0.39, 0.29) is 0 Å². The Hall–Kier alpha value is -2.26. The van der Waals surface area contributed by atoms with Gasteiger partial charge in [-0.15, -0.1) is 22.7 Å². The Balaban J connectivity index is 1.20. The molecule has 2 saturated heterocycles. The van der Waals surface area contributed by atoms with Crippen LogP contribution in [0, 0.1) is 0 Å². The lowest BCUT2D eigenvalue weighted by Crippen LogP contribution is -2.18. The summed E-state index contributed by atoms with van der Waals surface area (Å²) in [5.74, 6) is 2.19. The molecule has 2 aliphatic heterocycles. The first-order valence-electron chi connectivity index (χ1n) is 11.4. The van der Waals surface area contributed by atoms with Gasteiger partial charge < -0.3 is 9.97 Å². The van der Waals surface area contributed by atoms with Crippen LogP contribution >= 0.6 is 22.7 Å². The second kappa shape index (κ2) is 8.26. The van der Waals surface area contributed by atoms with Gasteiger partial charge >= 0.3 is 0 Å². The molecular formula is C24H28N6S2. The van der Waals surface area contributed by atoms with E-state index in [1.54, 1.807) is 0 Å². The van der Waals surface area contributed by atoms with E-state index < -0.39 is 0 Å². The van der Waals surface area contributed by atoms with Crippen LogP contribution in [0.4, 0.5) is 0 Å². The molecule has 6 nitrogen and oxygen atoms in total. The maximum Gasteiger partial charge on any atom is 0.123 e. The fourth-order valence-corrected chi connectivity index (χ4v) is 7.04. The average molecular weight is 465 g/mol. The summed E-state index contributed by atoms with van der Waals surface area (Å²) >= 11 is 3.65. The third-order valence-corrected chi connectivity index (χ3v) is 9.28. The molecule has 0 aliphatic carbocycles. The van der Waals surface area contributed by atoms with Crippen molar-refractivity contribution >= 4 is 22.7 Å². The minimum atomic E-state index is 0.423. The zero-order valence-corrected chi connectivity index (χ0v) is 20.1. The van der Waals surface area contributed by atoms with E-state index >= 15 is 0 Å². The van der Waals surface area contributed by atoms with Crippen LogP contribution in [0.5, 0.6) is 0 Å². The van der Waals surface area contributed by atoms with Crippen molar-refractivity contribution in [2.75, 3.05) is 27.2 Å². The molecule has 6 heterocycles. The van der Waals surface area contributed by atoms with Crippen LogP contribution in [0.2, 0.25) is 0 Å². The lowest BCUT2D eigenvalue weighted by molar-refractivity contribution is 0.307. The smallest absolute Gasteiger partial charge is 0.123 e. The van der Waals surface area contributed by atoms with Crippen LogP contribution < -0.4 is 0 Å². The Morgan fingerprint density at radius 2 is 1.16 bits per heavy atom. The van der Waals surface area contributed by atoms with E-state index in [1.807, 2.05) is 35.1 Å². The van der Waals surface area contributed by atoms with Crippen molar-refractivity contribution in [2.45, 2.75) is 37.8 Å². The van der Waals surface area contributed by atoms with Gasteiger partial charge in [-0.1, -0.05) is 0 Å². The van der Waals surface area contributed by atoms with Gasteiger partial charge in [-0.05, 0) is 77.1 Å². The molecule has 0 spiro atoms. The highest BCUT2D eigenvalue weighted by molar-refractivity contribution is 7.25. The molecule has 0 saturated carbocycles.